The summed E-state index contributed by atoms with van der Waals surface area (Å²) in [5.74, 6) is 0.00528. The number of nitrogens with one attached hydrogen (secondary N) is 1. The van der Waals surface area contributed by atoms with Crippen molar-refractivity contribution in [2.75, 3.05) is 18.9 Å². The third-order valence-corrected chi connectivity index (χ3v) is 2.18. The van der Waals surface area contributed by atoms with E-state index in [0.717, 1.165) is 11.0 Å². The third kappa shape index (κ3) is 2.30. The number of aromatic nitrogens is 2. The number of aryl methyl sites for hydroxylation is 1. The molecule has 0 aliphatic carbocycles. The first-order valence-electron chi connectivity index (χ1n) is 3.98. The van der Waals surface area contributed by atoms with Gasteiger partial charge < -0.3 is 4.90 Å². The van der Waals surface area contributed by atoms with E-state index in [0.29, 0.717) is 12.1 Å². The standard InChI is InChI=1S/C8H12BrN3O/c1-6-7(5-10-11-6)8(13)12(2)4-3-9/h5H,3-4H2,1-2H3,(H,10,11). The predicted molar refractivity (Wildman–Crippen MR) is 54.1 cm³/mol. The lowest BCUT2D eigenvalue weighted by Gasteiger charge is -2.14. The Balaban J connectivity index is 2.73. The number of amides is 1. The minimum absolute atomic E-state index is 0.00528. The van der Waals surface area contributed by atoms with E-state index >= 15 is 0 Å². The molecule has 0 spiro atoms. The zero-order chi connectivity index (χ0) is 9.84. The predicted octanol–water partition coefficient (Wildman–Crippen LogP) is 1.19. The van der Waals surface area contributed by atoms with Gasteiger partial charge in [-0.1, -0.05) is 15.9 Å². The molecule has 0 aliphatic heterocycles. The SMILES string of the molecule is Cc1[nH]ncc1C(=O)N(C)CCBr. The van der Waals surface area contributed by atoms with Gasteiger partial charge >= 0.3 is 0 Å². The maximum absolute atomic E-state index is 11.7. The van der Waals surface area contributed by atoms with Crippen LogP contribution in [-0.4, -0.2) is 39.9 Å². The van der Waals surface area contributed by atoms with E-state index in [9.17, 15) is 4.79 Å². The van der Waals surface area contributed by atoms with E-state index in [2.05, 4.69) is 26.1 Å². The Hall–Kier alpha value is -0.840. The van der Waals surface area contributed by atoms with Gasteiger partial charge in [-0.15, -0.1) is 0 Å². The molecule has 72 valence electrons. The number of H-pyrrole nitrogens is 1. The Morgan fingerprint density at radius 2 is 2.46 bits per heavy atom. The van der Waals surface area contributed by atoms with Crippen molar-refractivity contribution in [1.82, 2.24) is 15.1 Å². The number of rotatable bonds is 3. The molecule has 0 saturated heterocycles. The lowest BCUT2D eigenvalue weighted by Crippen LogP contribution is -2.28. The number of aromatic amines is 1. The Kier molecular flexibility index (Phi) is 3.48. The van der Waals surface area contributed by atoms with Gasteiger partial charge in [0.1, 0.15) is 0 Å². The highest BCUT2D eigenvalue weighted by molar-refractivity contribution is 9.09. The van der Waals surface area contributed by atoms with Crippen LogP contribution in [0.4, 0.5) is 0 Å². The molecule has 5 heteroatoms. The molecule has 13 heavy (non-hydrogen) atoms. The largest absolute Gasteiger partial charge is 0.341 e. The highest BCUT2D eigenvalue weighted by Gasteiger charge is 2.14. The molecule has 1 aromatic heterocycles. The maximum Gasteiger partial charge on any atom is 0.257 e. The number of nitrogens with zero attached hydrogens (tertiary/aromatic N) is 2. The molecule has 1 rings (SSSR count). The summed E-state index contributed by atoms with van der Waals surface area (Å²) in [6, 6.07) is 0. The first-order valence-corrected chi connectivity index (χ1v) is 5.10. The van der Waals surface area contributed by atoms with Gasteiger partial charge in [-0.25, -0.2) is 0 Å². The Morgan fingerprint density at radius 3 is 2.92 bits per heavy atom. The minimum atomic E-state index is 0.00528. The summed E-state index contributed by atoms with van der Waals surface area (Å²) in [6.07, 6.45) is 1.56. The zero-order valence-electron chi connectivity index (χ0n) is 7.67. The summed E-state index contributed by atoms with van der Waals surface area (Å²) in [6.45, 7) is 2.53. The zero-order valence-corrected chi connectivity index (χ0v) is 9.26. The second kappa shape index (κ2) is 4.41. The van der Waals surface area contributed by atoms with E-state index in [1.54, 1.807) is 18.1 Å². The van der Waals surface area contributed by atoms with Crippen molar-refractivity contribution in [1.29, 1.82) is 0 Å². The van der Waals surface area contributed by atoms with Gasteiger partial charge in [-0.2, -0.15) is 5.10 Å². The second-order valence-corrected chi connectivity index (χ2v) is 3.62. The molecule has 0 radical (unpaired) electrons. The fraction of sp³-hybridized carbons (Fsp3) is 0.500. The van der Waals surface area contributed by atoms with Gasteiger partial charge in [-0.3, -0.25) is 9.89 Å². The summed E-state index contributed by atoms with van der Waals surface area (Å²) < 4.78 is 0. The lowest BCUT2D eigenvalue weighted by molar-refractivity contribution is 0.0803. The van der Waals surface area contributed by atoms with Crippen LogP contribution in [0.2, 0.25) is 0 Å². The van der Waals surface area contributed by atoms with Crippen LogP contribution < -0.4 is 0 Å². The van der Waals surface area contributed by atoms with Gasteiger partial charge in [0.25, 0.3) is 5.91 Å². The van der Waals surface area contributed by atoms with Crippen molar-refractivity contribution < 1.29 is 4.79 Å². The lowest BCUT2D eigenvalue weighted by atomic mass is 10.2. The van der Waals surface area contributed by atoms with Gasteiger partial charge in [0.05, 0.1) is 11.8 Å². The molecule has 0 saturated carbocycles. The fourth-order valence-corrected chi connectivity index (χ4v) is 1.53. The van der Waals surface area contributed by atoms with Crippen molar-refractivity contribution >= 4 is 21.8 Å². The first-order chi connectivity index (χ1) is 6.16. The summed E-state index contributed by atoms with van der Waals surface area (Å²) in [7, 11) is 1.77. The molecule has 0 aliphatic rings. The van der Waals surface area contributed by atoms with Crippen LogP contribution in [-0.2, 0) is 0 Å². The molecule has 1 aromatic rings. The molecule has 4 nitrogen and oxygen atoms in total. The van der Waals surface area contributed by atoms with Gasteiger partial charge in [0.15, 0.2) is 0 Å². The van der Waals surface area contributed by atoms with Crippen LogP contribution in [0.1, 0.15) is 16.1 Å². The number of alkyl halides is 1. The normalized spacial score (nSPS) is 10.1. The van der Waals surface area contributed by atoms with Gasteiger partial charge in [-0.05, 0) is 6.92 Å². The molecule has 1 heterocycles. The maximum atomic E-state index is 11.7. The van der Waals surface area contributed by atoms with E-state index in [-0.39, 0.29) is 5.91 Å². The summed E-state index contributed by atoms with van der Waals surface area (Å²) in [5, 5.41) is 7.32. The highest BCUT2D eigenvalue weighted by atomic mass is 79.9. The average Bonchev–Trinajstić information content (AvgIpc) is 2.50. The van der Waals surface area contributed by atoms with E-state index in [1.807, 2.05) is 6.92 Å². The molecule has 1 N–H and O–H groups in total. The monoisotopic (exact) mass is 245 g/mol. The van der Waals surface area contributed by atoms with E-state index < -0.39 is 0 Å². The minimum Gasteiger partial charge on any atom is -0.341 e. The van der Waals surface area contributed by atoms with Crippen molar-refractivity contribution in [3.8, 4) is 0 Å². The fourth-order valence-electron chi connectivity index (χ4n) is 1.00. The molecule has 0 aromatic carbocycles. The summed E-state index contributed by atoms with van der Waals surface area (Å²) in [5.41, 5.74) is 1.45. The third-order valence-electron chi connectivity index (χ3n) is 1.83. The number of hydrogen-bond acceptors (Lipinski definition) is 2. The van der Waals surface area contributed by atoms with Crippen molar-refractivity contribution in [2.24, 2.45) is 0 Å². The van der Waals surface area contributed by atoms with E-state index in [1.165, 1.54) is 0 Å². The summed E-state index contributed by atoms with van der Waals surface area (Å²) in [4.78, 5) is 13.3. The van der Waals surface area contributed by atoms with Crippen LogP contribution >= 0.6 is 15.9 Å². The molecular formula is C8H12BrN3O. The molecule has 0 fully saturated rings. The van der Waals surface area contributed by atoms with Crippen molar-refractivity contribution in [3.63, 3.8) is 0 Å². The number of carbonyl (C=O) groups excluding carboxylic acids is 1. The van der Waals surface area contributed by atoms with Crippen LogP contribution in [0.25, 0.3) is 0 Å². The Morgan fingerprint density at radius 1 is 1.77 bits per heavy atom. The number of halogens is 1. The number of hydrogen-bond donors (Lipinski definition) is 1. The smallest absolute Gasteiger partial charge is 0.257 e. The van der Waals surface area contributed by atoms with Gasteiger partial charge in [0, 0.05) is 24.6 Å². The Labute approximate surface area is 85.4 Å². The van der Waals surface area contributed by atoms with Crippen LogP contribution in [0.5, 0.6) is 0 Å². The molecule has 0 atom stereocenters. The molecule has 0 bridgehead atoms. The van der Waals surface area contributed by atoms with Crippen LogP contribution in [0.3, 0.4) is 0 Å². The second-order valence-electron chi connectivity index (χ2n) is 2.82. The van der Waals surface area contributed by atoms with Gasteiger partial charge in [0.2, 0.25) is 0 Å². The quantitative estimate of drug-likeness (QED) is 0.814. The van der Waals surface area contributed by atoms with Crippen LogP contribution in [0, 0.1) is 6.92 Å². The number of carbonyl (C=O) groups is 1. The van der Waals surface area contributed by atoms with Crippen LogP contribution in [0.15, 0.2) is 6.20 Å². The average molecular weight is 246 g/mol. The molecule has 0 unspecified atom stereocenters. The molecular weight excluding hydrogens is 234 g/mol. The van der Waals surface area contributed by atoms with Crippen molar-refractivity contribution in [2.45, 2.75) is 6.92 Å². The first kappa shape index (κ1) is 10.2. The molecule has 1 amide bonds. The van der Waals surface area contributed by atoms with E-state index in [4.69, 9.17) is 0 Å². The Bertz CT molecular complexity index is 297. The highest BCUT2D eigenvalue weighted by Crippen LogP contribution is 2.06. The topological polar surface area (TPSA) is 49.0 Å². The summed E-state index contributed by atoms with van der Waals surface area (Å²) >= 11 is 3.28. The van der Waals surface area contributed by atoms with Crippen molar-refractivity contribution in [3.05, 3.63) is 17.5 Å².